The van der Waals surface area contributed by atoms with E-state index >= 15 is 0 Å². The summed E-state index contributed by atoms with van der Waals surface area (Å²) < 4.78 is 23.4. The van der Waals surface area contributed by atoms with Crippen LogP contribution in [0.5, 0.6) is 0 Å². The van der Waals surface area contributed by atoms with E-state index in [-0.39, 0.29) is 22.9 Å². The fraction of sp³-hybridized carbons (Fsp3) is 0.160. The Hall–Kier alpha value is -2.93. The molecule has 1 amide bonds. The van der Waals surface area contributed by atoms with E-state index in [2.05, 4.69) is 0 Å². The van der Waals surface area contributed by atoms with E-state index in [1.807, 2.05) is 53.4 Å². The molecule has 1 heterocycles. The Morgan fingerprint density at radius 2 is 1.56 bits per heavy atom. The second-order valence-electron chi connectivity index (χ2n) is 8.13. The Kier molecular flexibility index (Phi) is 5.16. The molecule has 1 atom stereocenters. The number of rotatable bonds is 5. The summed E-state index contributed by atoms with van der Waals surface area (Å²) in [6.45, 7) is 0. The molecule has 0 bridgehead atoms. The summed E-state index contributed by atoms with van der Waals surface area (Å²) in [5.74, 6) is -0.0558. The largest absolute Gasteiger partial charge is 0.324 e. The van der Waals surface area contributed by atoms with Crippen LogP contribution in [0.15, 0.2) is 83.8 Å². The van der Waals surface area contributed by atoms with Gasteiger partial charge < -0.3 is 4.90 Å². The lowest BCUT2D eigenvalue weighted by Crippen LogP contribution is -2.32. The first-order chi connectivity index (χ1) is 15.3. The number of benzene rings is 3. The Bertz CT molecular complexity index is 1330. The second kappa shape index (κ2) is 7.89. The quantitative estimate of drug-likeness (QED) is 0.597. The van der Waals surface area contributed by atoms with Gasteiger partial charge in [0.25, 0.3) is 5.91 Å². The van der Waals surface area contributed by atoms with Crippen LogP contribution >= 0.6 is 11.6 Å². The van der Waals surface area contributed by atoms with Crippen molar-refractivity contribution in [1.29, 1.82) is 0 Å². The van der Waals surface area contributed by atoms with Crippen molar-refractivity contribution in [2.45, 2.75) is 29.8 Å². The van der Waals surface area contributed by atoms with E-state index in [0.29, 0.717) is 16.2 Å². The summed E-state index contributed by atoms with van der Waals surface area (Å²) in [4.78, 5) is 15.8. The molecule has 0 aromatic heterocycles. The molecular formula is C25H21ClN2O3S. The molecule has 1 aliphatic heterocycles. The molecule has 2 N–H and O–H groups in total. The van der Waals surface area contributed by atoms with Gasteiger partial charge in [0.1, 0.15) is 0 Å². The van der Waals surface area contributed by atoms with Crippen molar-refractivity contribution in [3.8, 4) is 0 Å². The van der Waals surface area contributed by atoms with Crippen molar-refractivity contribution in [2.75, 3.05) is 0 Å². The number of halogens is 1. The Morgan fingerprint density at radius 1 is 0.875 bits per heavy atom. The Balaban J connectivity index is 1.75. The summed E-state index contributed by atoms with van der Waals surface area (Å²) in [5, 5.41) is 5.85. The number of nitrogens with two attached hydrogens (primary N) is 1. The predicted octanol–water partition coefficient (Wildman–Crippen LogP) is 4.64. The van der Waals surface area contributed by atoms with Gasteiger partial charge in [-0.1, -0.05) is 66.2 Å². The number of carbonyl (C=O) groups excluding carboxylic acids is 1. The van der Waals surface area contributed by atoms with Gasteiger partial charge in [-0.15, -0.1) is 0 Å². The number of hydrogen-bond donors (Lipinski definition) is 1. The zero-order chi connectivity index (χ0) is 22.5. The van der Waals surface area contributed by atoms with Gasteiger partial charge in [-0.05, 0) is 59.4 Å². The van der Waals surface area contributed by atoms with Crippen LogP contribution in [0.2, 0.25) is 5.02 Å². The molecule has 0 radical (unpaired) electrons. The average molecular weight is 465 g/mol. The third-order valence-corrected chi connectivity index (χ3v) is 7.10. The molecule has 1 fully saturated rings. The number of sulfonamides is 1. The molecule has 5 nitrogen and oxygen atoms in total. The normalized spacial score (nSPS) is 19.0. The highest BCUT2D eigenvalue weighted by atomic mass is 35.5. The first-order valence-corrected chi connectivity index (χ1v) is 12.3. The van der Waals surface area contributed by atoms with Gasteiger partial charge in [-0.25, -0.2) is 13.6 Å². The van der Waals surface area contributed by atoms with Crippen LogP contribution in [0.4, 0.5) is 0 Å². The lowest BCUT2D eigenvalue weighted by atomic mass is 9.89. The van der Waals surface area contributed by atoms with Gasteiger partial charge in [0.05, 0.1) is 16.5 Å². The van der Waals surface area contributed by atoms with E-state index in [1.54, 1.807) is 18.2 Å². The molecule has 0 saturated heterocycles. The maximum atomic E-state index is 13.8. The lowest BCUT2D eigenvalue weighted by Gasteiger charge is -2.28. The second-order valence-corrected chi connectivity index (χ2v) is 10.1. The van der Waals surface area contributed by atoms with Crippen LogP contribution in [0.3, 0.4) is 0 Å². The molecule has 5 rings (SSSR count). The van der Waals surface area contributed by atoms with Crippen LogP contribution < -0.4 is 5.14 Å². The molecular weight excluding hydrogens is 444 g/mol. The summed E-state index contributed by atoms with van der Waals surface area (Å²) in [5.41, 5.74) is 3.99. The SMILES string of the molecule is NS(=O)(=O)c1ccc(C2=C(c3cccc(Cl)c3)C(c3ccccc3)N(C3CC3)C2=O)cc1. The van der Waals surface area contributed by atoms with Gasteiger partial charge in [0.15, 0.2) is 0 Å². The molecule has 1 saturated carbocycles. The summed E-state index contributed by atoms with van der Waals surface area (Å²) >= 11 is 6.33. The maximum Gasteiger partial charge on any atom is 0.255 e. The summed E-state index contributed by atoms with van der Waals surface area (Å²) in [7, 11) is -3.82. The van der Waals surface area contributed by atoms with Gasteiger partial charge in [0.2, 0.25) is 10.0 Å². The fourth-order valence-corrected chi connectivity index (χ4v) is 5.08. The van der Waals surface area contributed by atoms with E-state index in [9.17, 15) is 13.2 Å². The first kappa shape index (κ1) is 20.9. The number of hydrogen-bond acceptors (Lipinski definition) is 3. The molecule has 162 valence electrons. The highest BCUT2D eigenvalue weighted by molar-refractivity contribution is 7.89. The maximum absolute atomic E-state index is 13.8. The highest BCUT2D eigenvalue weighted by Gasteiger charge is 2.47. The monoisotopic (exact) mass is 464 g/mol. The summed E-state index contributed by atoms with van der Waals surface area (Å²) in [6.07, 6.45) is 1.94. The zero-order valence-corrected chi connectivity index (χ0v) is 18.7. The van der Waals surface area contributed by atoms with Crippen LogP contribution in [0.1, 0.15) is 35.6 Å². The fourth-order valence-electron chi connectivity index (χ4n) is 4.38. The molecule has 3 aromatic carbocycles. The summed E-state index contributed by atoms with van der Waals surface area (Å²) in [6, 6.07) is 23.6. The molecule has 1 unspecified atom stereocenters. The van der Waals surface area contributed by atoms with Gasteiger partial charge in [0, 0.05) is 11.1 Å². The van der Waals surface area contributed by atoms with Crippen molar-refractivity contribution in [3.05, 3.63) is 101 Å². The number of nitrogens with zero attached hydrogens (tertiary/aromatic N) is 1. The Labute approximate surface area is 192 Å². The minimum Gasteiger partial charge on any atom is -0.324 e. The molecule has 32 heavy (non-hydrogen) atoms. The molecule has 2 aliphatic rings. The zero-order valence-electron chi connectivity index (χ0n) is 17.1. The van der Waals surface area contributed by atoms with E-state index in [1.165, 1.54) is 12.1 Å². The standard InChI is InChI=1S/C25H21ClN2O3S/c26-19-8-4-7-18(15-19)22-23(16-9-13-21(14-10-16)32(27,30)31)25(29)28(20-11-12-20)24(22)17-5-2-1-3-6-17/h1-10,13-15,20,24H,11-12H2,(H2,27,30,31). The van der Waals surface area contributed by atoms with Crippen LogP contribution in [0.25, 0.3) is 11.1 Å². The number of primary sulfonamides is 1. The third-order valence-electron chi connectivity index (χ3n) is 5.93. The van der Waals surface area contributed by atoms with Crippen LogP contribution in [0, 0.1) is 0 Å². The van der Waals surface area contributed by atoms with Crippen LogP contribution in [-0.2, 0) is 14.8 Å². The minimum atomic E-state index is -3.82. The molecule has 1 aliphatic carbocycles. The van der Waals surface area contributed by atoms with E-state index in [0.717, 1.165) is 29.5 Å². The van der Waals surface area contributed by atoms with Gasteiger partial charge >= 0.3 is 0 Å². The number of amides is 1. The first-order valence-electron chi connectivity index (χ1n) is 10.4. The lowest BCUT2D eigenvalue weighted by molar-refractivity contribution is -0.125. The Morgan fingerprint density at radius 3 is 2.16 bits per heavy atom. The average Bonchev–Trinajstić information content (AvgIpc) is 3.56. The number of carbonyl (C=O) groups is 1. The molecule has 7 heteroatoms. The van der Waals surface area contributed by atoms with Gasteiger partial charge in [-0.2, -0.15) is 0 Å². The van der Waals surface area contributed by atoms with E-state index in [4.69, 9.17) is 16.7 Å². The topological polar surface area (TPSA) is 80.5 Å². The van der Waals surface area contributed by atoms with Crippen LogP contribution in [-0.4, -0.2) is 25.3 Å². The van der Waals surface area contributed by atoms with Crippen molar-refractivity contribution < 1.29 is 13.2 Å². The van der Waals surface area contributed by atoms with Gasteiger partial charge in [-0.3, -0.25) is 4.79 Å². The van der Waals surface area contributed by atoms with Crippen molar-refractivity contribution in [3.63, 3.8) is 0 Å². The van der Waals surface area contributed by atoms with Crippen molar-refractivity contribution in [1.82, 2.24) is 4.90 Å². The van der Waals surface area contributed by atoms with E-state index < -0.39 is 10.0 Å². The van der Waals surface area contributed by atoms with Crippen molar-refractivity contribution >= 4 is 38.7 Å². The highest BCUT2D eigenvalue weighted by Crippen LogP contribution is 2.51. The third kappa shape index (κ3) is 3.75. The predicted molar refractivity (Wildman–Crippen MR) is 125 cm³/mol. The van der Waals surface area contributed by atoms with Crippen molar-refractivity contribution in [2.24, 2.45) is 5.14 Å². The molecule has 3 aromatic rings. The minimum absolute atomic E-state index is 0.00950. The smallest absolute Gasteiger partial charge is 0.255 e. The molecule has 0 spiro atoms.